The first kappa shape index (κ1) is 19.1. The number of fused-ring (bicyclic) bond motifs is 1. The van der Waals surface area contributed by atoms with Crippen molar-refractivity contribution in [3.05, 3.63) is 58.7 Å². The van der Waals surface area contributed by atoms with Crippen LogP contribution in [0, 0.1) is 0 Å². The molecule has 0 aliphatic carbocycles. The molecule has 0 spiro atoms. The molecule has 0 atom stereocenters. The maximum absolute atomic E-state index is 12.6. The number of imide groups is 1. The Morgan fingerprint density at radius 2 is 1.61 bits per heavy atom. The van der Waals surface area contributed by atoms with Crippen molar-refractivity contribution in [2.24, 2.45) is 0 Å². The Morgan fingerprint density at radius 1 is 0.964 bits per heavy atom. The van der Waals surface area contributed by atoms with Crippen LogP contribution in [-0.2, 0) is 0 Å². The van der Waals surface area contributed by atoms with E-state index in [4.69, 9.17) is 5.11 Å². The minimum Gasteiger partial charge on any atom is -0.507 e. The Balaban J connectivity index is 1.87. The highest BCUT2D eigenvalue weighted by atomic mass is 16.4. The highest BCUT2D eigenvalue weighted by Crippen LogP contribution is 2.30. The number of carbonyl (C=O) groups excluding carboxylic acids is 3. The van der Waals surface area contributed by atoms with Crippen LogP contribution in [0.1, 0.15) is 62.2 Å². The number of carboxylic acid groups (broad SMARTS) is 1. The second-order valence-electron chi connectivity index (χ2n) is 7.37. The number of nitrogens with zero attached hydrogens (tertiary/aromatic N) is 1. The third-order valence-corrected chi connectivity index (χ3v) is 4.31. The van der Waals surface area contributed by atoms with E-state index in [9.17, 15) is 24.3 Å². The zero-order valence-electron chi connectivity index (χ0n) is 15.4. The normalized spacial score (nSPS) is 13.5. The summed E-state index contributed by atoms with van der Waals surface area (Å²) in [5, 5.41) is 21.2. The van der Waals surface area contributed by atoms with Gasteiger partial charge in [0.25, 0.3) is 17.7 Å². The standard InChI is InChI=1S/C20H18N2O6/c1-20(2,3)22-17(25)12-6-4-10(8-14(12)18(22)26)16(24)21-11-5-7-13(19(27)28)15(23)9-11/h4-9,23H,1-3H3,(H,21,24)(H,27,28). The van der Waals surface area contributed by atoms with Crippen molar-refractivity contribution < 1.29 is 29.4 Å². The van der Waals surface area contributed by atoms with Crippen LogP contribution in [0.25, 0.3) is 0 Å². The van der Waals surface area contributed by atoms with E-state index in [1.165, 1.54) is 30.3 Å². The van der Waals surface area contributed by atoms with Gasteiger partial charge in [0.1, 0.15) is 11.3 Å². The molecular formula is C20H18N2O6. The Hall–Kier alpha value is -3.68. The molecule has 3 N–H and O–H groups in total. The summed E-state index contributed by atoms with van der Waals surface area (Å²) in [6, 6.07) is 7.83. The van der Waals surface area contributed by atoms with Crippen molar-refractivity contribution in [3.8, 4) is 5.75 Å². The number of anilines is 1. The molecule has 0 saturated carbocycles. The molecule has 1 aliphatic heterocycles. The topological polar surface area (TPSA) is 124 Å². The largest absolute Gasteiger partial charge is 0.507 e. The van der Waals surface area contributed by atoms with Gasteiger partial charge in [0.05, 0.1) is 11.1 Å². The summed E-state index contributed by atoms with van der Waals surface area (Å²) in [6.45, 7) is 5.24. The van der Waals surface area contributed by atoms with E-state index < -0.39 is 35.0 Å². The molecule has 1 aliphatic rings. The first-order valence-corrected chi connectivity index (χ1v) is 8.41. The number of benzene rings is 2. The van der Waals surface area contributed by atoms with Gasteiger partial charge in [-0.3, -0.25) is 19.3 Å². The Morgan fingerprint density at radius 3 is 2.18 bits per heavy atom. The third-order valence-electron chi connectivity index (χ3n) is 4.31. The molecule has 3 rings (SSSR count). The van der Waals surface area contributed by atoms with Gasteiger partial charge in [-0.25, -0.2) is 4.79 Å². The highest BCUT2D eigenvalue weighted by Gasteiger charge is 2.42. The van der Waals surface area contributed by atoms with Gasteiger partial charge in [-0.05, 0) is 51.1 Å². The smallest absolute Gasteiger partial charge is 0.339 e. The van der Waals surface area contributed by atoms with Crippen molar-refractivity contribution >= 4 is 29.4 Å². The lowest BCUT2D eigenvalue weighted by Gasteiger charge is -2.29. The van der Waals surface area contributed by atoms with E-state index in [2.05, 4.69) is 5.32 Å². The lowest BCUT2D eigenvalue weighted by Crippen LogP contribution is -2.45. The number of aromatic hydroxyl groups is 1. The van der Waals surface area contributed by atoms with E-state index in [1.807, 2.05) is 0 Å². The van der Waals surface area contributed by atoms with Gasteiger partial charge in [-0.15, -0.1) is 0 Å². The summed E-state index contributed by atoms with van der Waals surface area (Å²) >= 11 is 0. The Kier molecular flexibility index (Phi) is 4.42. The molecule has 3 amide bonds. The van der Waals surface area contributed by atoms with Crippen LogP contribution in [0.2, 0.25) is 0 Å². The minimum absolute atomic E-state index is 0.150. The number of phenols is 1. The molecule has 2 aromatic rings. The molecule has 0 bridgehead atoms. The number of carbonyl (C=O) groups is 4. The van der Waals surface area contributed by atoms with E-state index in [0.717, 1.165) is 11.0 Å². The van der Waals surface area contributed by atoms with E-state index >= 15 is 0 Å². The molecule has 0 radical (unpaired) electrons. The van der Waals surface area contributed by atoms with Crippen LogP contribution in [0.5, 0.6) is 5.75 Å². The molecule has 1 heterocycles. The quantitative estimate of drug-likeness (QED) is 0.701. The average Bonchev–Trinajstić information content (AvgIpc) is 2.85. The number of hydrogen-bond donors (Lipinski definition) is 3. The number of amides is 3. The van der Waals surface area contributed by atoms with Gasteiger partial charge in [0.15, 0.2) is 0 Å². The predicted octanol–water partition coefficient (Wildman–Crippen LogP) is 2.74. The molecule has 0 fully saturated rings. The lowest BCUT2D eigenvalue weighted by atomic mass is 10.1. The number of aromatic carboxylic acids is 1. The van der Waals surface area contributed by atoms with Crippen molar-refractivity contribution in [1.29, 1.82) is 0 Å². The molecule has 8 nitrogen and oxygen atoms in total. The molecular weight excluding hydrogens is 364 g/mol. The summed E-state index contributed by atoms with van der Waals surface area (Å²) in [5.41, 5.74) is -0.262. The summed E-state index contributed by atoms with van der Waals surface area (Å²) in [4.78, 5) is 49.7. The van der Waals surface area contributed by atoms with E-state index in [1.54, 1.807) is 20.8 Å². The van der Waals surface area contributed by atoms with Crippen molar-refractivity contribution in [3.63, 3.8) is 0 Å². The second kappa shape index (κ2) is 6.49. The first-order valence-electron chi connectivity index (χ1n) is 8.41. The van der Waals surface area contributed by atoms with Crippen LogP contribution in [0.4, 0.5) is 5.69 Å². The molecule has 0 unspecified atom stereocenters. The number of hydrogen-bond acceptors (Lipinski definition) is 5. The third kappa shape index (κ3) is 3.20. The number of carboxylic acids is 1. The zero-order valence-corrected chi connectivity index (χ0v) is 15.4. The van der Waals surface area contributed by atoms with Gasteiger partial charge in [0.2, 0.25) is 0 Å². The molecule has 2 aromatic carbocycles. The fourth-order valence-electron chi connectivity index (χ4n) is 2.98. The molecule has 0 aromatic heterocycles. The van der Waals surface area contributed by atoms with Crippen LogP contribution >= 0.6 is 0 Å². The number of rotatable bonds is 3. The Labute approximate surface area is 160 Å². The Bertz CT molecular complexity index is 1040. The fourth-order valence-corrected chi connectivity index (χ4v) is 2.98. The zero-order chi connectivity index (χ0) is 20.8. The van der Waals surface area contributed by atoms with E-state index in [-0.39, 0.29) is 27.9 Å². The van der Waals surface area contributed by atoms with E-state index in [0.29, 0.717) is 0 Å². The van der Waals surface area contributed by atoms with Gasteiger partial charge in [-0.2, -0.15) is 0 Å². The molecule has 28 heavy (non-hydrogen) atoms. The van der Waals surface area contributed by atoms with Crippen LogP contribution in [0.15, 0.2) is 36.4 Å². The maximum Gasteiger partial charge on any atom is 0.339 e. The summed E-state index contributed by atoms with van der Waals surface area (Å²) in [6.07, 6.45) is 0. The second-order valence-corrected chi connectivity index (χ2v) is 7.37. The SMILES string of the molecule is CC(C)(C)N1C(=O)c2ccc(C(=O)Nc3ccc(C(=O)O)c(O)c3)cc2C1=O. The number of nitrogens with one attached hydrogen (secondary N) is 1. The van der Waals surface area contributed by atoms with Gasteiger partial charge < -0.3 is 15.5 Å². The predicted molar refractivity (Wildman–Crippen MR) is 99.7 cm³/mol. The fraction of sp³-hybridized carbons (Fsp3) is 0.200. The van der Waals surface area contributed by atoms with Crippen molar-refractivity contribution in [2.45, 2.75) is 26.3 Å². The molecule has 0 saturated heterocycles. The van der Waals surface area contributed by atoms with Crippen molar-refractivity contribution in [1.82, 2.24) is 4.90 Å². The van der Waals surface area contributed by atoms with Gasteiger partial charge in [0, 0.05) is 22.9 Å². The highest BCUT2D eigenvalue weighted by molar-refractivity contribution is 6.22. The summed E-state index contributed by atoms with van der Waals surface area (Å²) in [7, 11) is 0. The van der Waals surface area contributed by atoms with Gasteiger partial charge >= 0.3 is 5.97 Å². The summed E-state index contributed by atoms with van der Waals surface area (Å²) < 4.78 is 0. The lowest BCUT2D eigenvalue weighted by molar-refractivity contribution is 0.0506. The minimum atomic E-state index is -1.29. The maximum atomic E-state index is 12.6. The molecule has 8 heteroatoms. The van der Waals surface area contributed by atoms with Crippen LogP contribution in [0.3, 0.4) is 0 Å². The first-order chi connectivity index (χ1) is 13.0. The van der Waals surface area contributed by atoms with Crippen molar-refractivity contribution in [2.75, 3.05) is 5.32 Å². The molecule has 144 valence electrons. The average molecular weight is 382 g/mol. The van der Waals surface area contributed by atoms with Crippen LogP contribution < -0.4 is 5.32 Å². The summed E-state index contributed by atoms with van der Waals surface area (Å²) in [5.74, 6) is -3.22. The van der Waals surface area contributed by atoms with Gasteiger partial charge in [-0.1, -0.05) is 0 Å². The van der Waals surface area contributed by atoms with Crippen LogP contribution in [-0.4, -0.2) is 44.3 Å². The monoisotopic (exact) mass is 382 g/mol.